The van der Waals surface area contributed by atoms with Crippen LogP contribution in [0.5, 0.6) is 0 Å². The molecule has 2 aliphatic rings. The molecule has 2 saturated carbocycles. The monoisotopic (exact) mass is 297 g/mol. The Hall–Kier alpha value is -1.79. The van der Waals surface area contributed by atoms with Gasteiger partial charge in [0.2, 0.25) is 5.91 Å². The smallest absolute Gasteiger partial charge is 0.329 e. The molecule has 0 aliphatic heterocycles. The van der Waals surface area contributed by atoms with E-state index in [4.69, 9.17) is 0 Å². The van der Waals surface area contributed by atoms with Crippen LogP contribution in [0.2, 0.25) is 0 Å². The fourth-order valence-corrected chi connectivity index (χ4v) is 2.66. The minimum Gasteiger partial charge on any atom is -0.480 e. The van der Waals surface area contributed by atoms with E-state index < -0.39 is 17.5 Å². The highest BCUT2D eigenvalue weighted by molar-refractivity contribution is 5.86. The molecule has 2 rings (SSSR count). The summed E-state index contributed by atoms with van der Waals surface area (Å²) in [6.45, 7) is 0.656. The maximum Gasteiger partial charge on any atom is 0.329 e. The van der Waals surface area contributed by atoms with Crippen LogP contribution >= 0.6 is 0 Å². The molecule has 7 heteroatoms. The van der Waals surface area contributed by atoms with Crippen LogP contribution in [0.4, 0.5) is 4.79 Å². The predicted molar refractivity (Wildman–Crippen MR) is 75.7 cm³/mol. The zero-order valence-electron chi connectivity index (χ0n) is 12.1. The summed E-state index contributed by atoms with van der Waals surface area (Å²) in [7, 11) is 0. The number of nitrogens with one attached hydrogen (secondary N) is 3. The summed E-state index contributed by atoms with van der Waals surface area (Å²) in [4.78, 5) is 34.6. The third-order valence-electron chi connectivity index (χ3n) is 4.13. The molecule has 0 spiro atoms. The van der Waals surface area contributed by atoms with Gasteiger partial charge in [-0.2, -0.15) is 0 Å². The van der Waals surface area contributed by atoms with Crippen molar-refractivity contribution < 1.29 is 19.5 Å². The van der Waals surface area contributed by atoms with Gasteiger partial charge in [0.05, 0.1) is 0 Å². The first-order chi connectivity index (χ1) is 10.0. The highest BCUT2D eigenvalue weighted by Crippen LogP contribution is 2.29. The first-order valence-corrected chi connectivity index (χ1v) is 7.61. The average molecular weight is 297 g/mol. The van der Waals surface area contributed by atoms with Gasteiger partial charge in [-0.15, -0.1) is 0 Å². The van der Waals surface area contributed by atoms with Crippen molar-refractivity contribution in [3.8, 4) is 0 Å². The van der Waals surface area contributed by atoms with Crippen molar-refractivity contribution in [3.63, 3.8) is 0 Å². The second-order valence-electron chi connectivity index (χ2n) is 5.89. The van der Waals surface area contributed by atoms with Crippen LogP contribution < -0.4 is 16.0 Å². The lowest BCUT2D eigenvalue weighted by molar-refractivity contribution is -0.145. The molecule has 0 unspecified atom stereocenters. The van der Waals surface area contributed by atoms with E-state index in [9.17, 15) is 19.5 Å². The largest absolute Gasteiger partial charge is 0.480 e. The van der Waals surface area contributed by atoms with Crippen LogP contribution in [0.25, 0.3) is 0 Å². The van der Waals surface area contributed by atoms with Gasteiger partial charge < -0.3 is 21.1 Å². The lowest BCUT2D eigenvalue weighted by Crippen LogP contribution is -2.58. The SMILES string of the molecule is O=C(NCCNC(=O)C1CC1)NC1(C(=O)O)CCCCC1. The maximum absolute atomic E-state index is 11.8. The van der Waals surface area contributed by atoms with Crippen molar-refractivity contribution >= 4 is 17.9 Å². The van der Waals surface area contributed by atoms with E-state index in [0.717, 1.165) is 32.1 Å². The van der Waals surface area contributed by atoms with E-state index in [0.29, 0.717) is 25.9 Å². The molecular formula is C14H23N3O4. The highest BCUT2D eigenvalue weighted by Gasteiger charge is 2.40. The van der Waals surface area contributed by atoms with Gasteiger partial charge in [-0.25, -0.2) is 9.59 Å². The van der Waals surface area contributed by atoms with Crippen LogP contribution in [0.15, 0.2) is 0 Å². The number of hydrogen-bond acceptors (Lipinski definition) is 3. The van der Waals surface area contributed by atoms with E-state index in [-0.39, 0.29) is 11.8 Å². The van der Waals surface area contributed by atoms with Crippen molar-refractivity contribution in [2.75, 3.05) is 13.1 Å². The third-order valence-corrected chi connectivity index (χ3v) is 4.13. The fraction of sp³-hybridized carbons (Fsp3) is 0.786. The Morgan fingerprint density at radius 2 is 1.62 bits per heavy atom. The first-order valence-electron chi connectivity index (χ1n) is 7.61. The Balaban J connectivity index is 1.69. The van der Waals surface area contributed by atoms with Gasteiger partial charge in [-0.05, 0) is 25.7 Å². The quantitative estimate of drug-likeness (QED) is 0.538. The molecule has 21 heavy (non-hydrogen) atoms. The second kappa shape index (κ2) is 6.78. The normalized spacial score (nSPS) is 20.4. The Morgan fingerprint density at radius 3 is 2.19 bits per heavy atom. The van der Waals surface area contributed by atoms with Crippen molar-refractivity contribution in [2.45, 2.75) is 50.5 Å². The van der Waals surface area contributed by atoms with Gasteiger partial charge in [0.15, 0.2) is 0 Å². The van der Waals surface area contributed by atoms with E-state index in [1.54, 1.807) is 0 Å². The lowest BCUT2D eigenvalue weighted by Gasteiger charge is -2.33. The van der Waals surface area contributed by atoms with E-state index in [1.165, 1.54) is 0 Å². The summed E-state index contributed by atoms with van der Waals surface area (Å²) in [6.07, 6.45) is 5.45. The Bertz CT molecular complexity index is 414. The third kappa shape index (κ3) is 4.34. The highest BCUT2D eigenvalue weighted by atomic mass is 16.4. The van der Waals surface area contributed by atoms with Crippen LogP contribution in [0.3, 0.4) is 0 Å². The second-order valence-corrected chi connectivity index (χ2v) is 5.89. The molecule has 2 fully saturated rings. The number of amides is 3. The van der Waals surface area contributed by atoms with Crippen molar-refractivity contribution in [2.24, 2.45) is 5.92 Å². The van der Waals surface area contributed by atoms with Gasteiger partial charge in [-0.3, -0.25) is 4.79 Å². The number of aliphatic carboxylic acids is 1. The molecule has 0 aromatic rings. The minimum absolute atomic E-state index is 0.0338. The molecule has 0 atom stereocenters. The van der Waals surface area contributed by atoms with Crippen LogP contribution in [-0.4, -0.2) is 41.6 Å². The van der Waals surface area contributed by atoms with E-state index in [2.05, 4.69) is 16.0 Å². The summed E-state index contributed by atoms with van der Waals surface area (Å²) >= 11 is 0. The van der Waals surface area contributed by atoms with Gasteiger partial charge >= 0.3 is 12.0 Å². The predicted octanol–water partition coefficient (Wildman–Crippen LogP) is 0.599. The summed E-state index contributed by atoms with van der Waals surface area (Å²) in [6, 6.07) is -0.486. The van der Waals surface area contributed by atoms with Crippen molar-refractivity contribution in [1.82, 2.24) is 16.0 Å². The molecular weight excluding hydrogens is 274 g/mol. The molecule has 3 amide bonds. The molecule has 0 aromatic carbocycles. The first kappa shape index (κ1) is 15.6. The summed E-state index contributed by atoms with van der Waals surface area (Å²) in [5, 5.41) is 17.3. The zero-order valence-corrected chi connectivity index (χ0v) is 12.1. The molecule has 0 radical (unpaired) electrons. The van der Waals surface area contributed by atoms with Gasteiger partial charge in [0, 0.05) is 19.0 Å². The number of hydrogen-bond donors (Lipinski definition) is 4. The van der Waals surface area contributed by atoms with Crippen molar-refractivity contribution in [3.05, 3.63) is 0 Å². The van der Waals surface area contributed by atoms with Crippen molar-refractivity contribution in [1.29, 1.82) is 0 Å². The molecule has 2 aliphatic carbocycles. The number of rotatable bonds is 6. The molecule has 4 N–H and O–H groups in total. The van der Waals surface area contributed by atoms with Gasteiger partial charge in [0.25, 0.3) is 0 Å². The van der Waals surface area contributed by atoms with Crippen LogP contribution in [0, 0.1) is 5.92 Å². The van der Waals surface area contributed by atoms with Crippen LogP contribution in [-0.2, 0) is 9.59 Å². The molecule has 0 saturated heterocycles. The average Bonchev–Trinajstić information content (AvgIpc) is 3.29. The maximum atomic E-state index is 11.8. The molecule has 7 nitrogen and oxygen atoms in total. The molecule has 0 aromatic heterocycles. The lowest BCUT2D eigenvalue weighted by atomic mass is 9.82. The van der Waals surface area contributed by atoms with Gasteiger partial charge in [0.1, 0.15) is 5.54 Å². The Morgan fingerprint density at radius 1 is 1.00 bits per heavy atom. The standard InChI is InChI=1S/C14H23N3O4/c18-11(10-4-5-10)15-8-9-16-13(21)17-14(12(19)20)6-2-1-3-7-14/h10H,1-9H2,(H,15,18)(H,19,20)(H2,16,17,21). The Kier molecular flexibility index (Phi) is 5.03. The summed E-state index contributed by atoms with van der Waals surface area (Å²) in [5.74, 6) is -0.790. The van der Waals surface area contributed by atoms with Crippen LogP contribution in [0.1, 0.15) is 44.9 Å². The topological polar surface area (TPSA) is 108 Å². The summed E-state index contributed by atoms with van der Waals surface area (Å²) in [5.41, 5.74) is -1.14. The Labute approximate surface area is 123 Å². The molecule has 118 valence electrons. The van der Waals surface area contributed by atoms with Gasteiger partial charge in [-0.1, -0.05) is 19.3 Å². The zero-order chi connectivity index (χ0) is 15.3. The molecule has 0 heterocycles. The molecule has 0 bridgehead atoms. The number of carbonyl (C=O) groups is 3. The number of urea groups is 1. The summed E-state index contributed by atoms with van der Waals surface area (Å²) < 4.78 is 0. The fourth-order valence-electron chi connectivity index (χ4n) is 2.66. The minimum atomic E-state index is -1.14. The van der Waals surface area contributed by atoms with E-state index in [1.807, 2.05) is 0 Å². The van der Waals surface area contributed by atoms with E-state index >= 15 is 0 Å². The number of carboxylic acid groups (broad SMARTS) is 1. The number of carboxylic acids is 1. The number of carbonyl (C=O) groups excluding carboxylic acids is 2.